The number of pyridine rings is 1. The van der Waals surface area contributed by atoms with Crippen LogP contribution in [0.15, 0.2) is 78.0 Å². The summed E-state index contributed by atoms with van der Waals surface area (Å²) >= 11 is 3.08. The van der Waals surface area contributed by atoms with E-state index in [2.05, 4.69) is 22.1 Å². The number of halogens is 1. The number of hydrogen-bond acceptors (Lipinski definition) is 5. The predicted molar refractivity (Wildman–Crippen MR) is 121 cm³/mol. The largest absolute Gasteiger partial charge is 0.284 e. The van der Waals surface area contributed by atoms with Crippen LogP contribution in [-0.2, 0) is 11.3 Å². The number of rotatable bonds is 8. The molecule has 0 unspecified atom stereocenters. The number of benzene rings is 2. The van der Waals surface area contributed by atoms with Crippen molar-refractivity contribution in [3.05, 3.63) is 84.4 Å². The number of thioether (sulfide) groups is 1. The zero-order valence-corrected chi connectivity index (χ0v) is 17.8. The van der Waals surface area contributed by atoms with Gasteiger partial charge in [0.25, 0.3) is 0 Å². The molecule has 4 aromatic rings. The average molecular weight is 438 g/mol. The Morgan fingerprint density at radius 2 is 1.97 bits per heavy atom. The van der Waals surface area contributed by atoms with E-state index in [9.17, 15) is 9.18 Å². The SMILES string of the molecule is O=C(CCCSc1ccccc1)N(Cc1cccnc1)c1nc2ccc(F)cc2s1. The monoisotopic (exact) mass is 437 g/mol. The van der Waals surface area contributed by atoms with Gasteiger partial charge in [0.05, 0.1) is 16.8 Å². The Morgan fingerprint density at radius 1 is 1.10 bits per heavy atom. The molecule has 0 N–H and O–H groups in total. The molecule has 0 atom stereocenters. The van der Waals surface area contributed by atoms with E-state index >= 15 is 0 Å². The standard InChI is InChI=1S/C23H20FN3OS2/c24-18-10-11-20-21(14-18)30-23(26-20)27(16-17-6-4-12-25-15-17)22(28)9-5-13-29-19-7-2-1-3-8-19/h1-4,6-8,10-12,14-15H,5,9,13,16H2. The van der Waals surface area contributed by atoms with Crippen molar-refractivity contribution < 1.29 is 9.18 Å². The molecule has 1 amide bonds. The summed E-state index contributed by atoms with van der Waals surface area (Å²) < 4.78 is 14.3. The molecule has 30 heavy (non-hydrogen) atoms. The summed E-state index contributed by atoms with van der Waals surface area (Å²) in [4.78, 5) is 24.7. The van der Waals surface area contributed by atoms with Crippen LogP contribution in [0.4, 0.5) is 9.52 Å². The molecule has 0 spiro atoms. The molecule has 0 radical (unpaired) electrons. The minimum Gasteiger partial charge on any atom is -0.284 e. The van der Waals surface area contributed by atoms with Crippen molar-refractivity contribution in [1.82, 2.24) is 9.97 Å². The molecule has 4 rings (SSSR count). The highest BCUT2D eigenvalue weighted by Crippen LogP contribution is 2.31. The summed E-state index contributed by atoms with van der Waals surface area (Å²) in [5.74, 6) is 0.564. The first-order valence-electron chi connectivity index (χ1n) is 9.62. The van der Waals surface area contributed by atoms with Crippen molar-refractivity contribution in [2.45, 2.75) is 24.3 Å². The van der Waals surface area contributed by atoms with Crippen LogP contribution in [0.2, 0.25) is 0 Å². The molecule has 7 heteroatoms. The van der Waals surface area contributed by atoms with E-state index in [0.717, 1.165) is 22.4 Å². The van der Waals surface area contributed by atoms with E-state index in [1.54, 1.807) is 35.1 Å². The molecule has 152 valence electrons. The summed E-state index contributed by atoms with van der Waals surface area (Å²) in [6.07, 6.45) is 4.64. The molecule has 0 saturated heterocycles. The molecule has 0 bridgehead atoms. The van der Waals surface area contributed by atoms with Crippen molar-refractivity contribution in [2.75, 3.05) is 10.7 Å². The molecule has 0 aliphatic carbocycles. The fourth-order valence-corrected chi connectivity index (χ4v) is 4.88. The van der Waals surface area contributed by atoms with Crippen molar-refractivity contribution >= 4 is 44.4 Å². The number of amides is 1. The van der Waals surface area contributed by atoms with Crippen LogP contribution in [-0.4, -0.2) is 21.6 Å². The second-order valence-corrected chi connectivity index (χ2v) is 8.89. The fourth-order valence-electron chi connectivity index (χ4n) is 3.00. The number of hydrogen-bond donors (Lipinski definition) is 0. The Balaban J connectivity index is 1.48. The molecular formula is C23H20FN3OS2. The Bertz CT molecular complexity index is 1120. The van der Waals surface area contributed by atoms with Gasteiger partial charge in [-0.05, 0) is 54.1 Å². The molecular weight excluding hydrogens is 417 g/mol. The van der Waals surface area contributed by atoms with E-state index in [1.807, 2.05) is 30.3 Å². The van der Waals surface area contributed by atoms with Gasteiger partial charge < -0.3 is 0 Å². The molecule has 2 aromatic carbocycles. The third-order valence-corrected chi connectivity index (χ3v) is 6.62. The second kappa shape index (κ2) is 9.82. The number of carbonyl (C=O) groups is 1. The summed E-state index contributed by atoms with van der Waals surface area (Å²) in [7, 11) is 0. The third-order valence-electron chi connectivity index (χ3n) is 4.48. The van der Waals surface area contributed by atoms with Gasteiger partial charge in [-0.25, -0.2) is 9.37 Å². The highest BCUT2D eigenvalue weighted by Gasteiger charge is 2.20. The van der Waals surface area contributed by atoms with Gasteiger partial charge in [-0.3, -0.25) is 14.7 Å². The third kappa shape index (κ3) is 5.23. The molecule has 0 fully saturated rings. The van der Waals surface area contributed by atoms with E-state index < -0.39 is 0 Å². The van der Waals surface area contributed by atoms with Crippen LogP contribution < -0.4 is 4.90 Å². The number of fused-ring (bicyclic) bond motifs is 1. The summed E-state index contributed by atoms with van der Waals surface area (Å²) in [6, 6.07) is 18.4. The van der Waals surface area contributed by atoms with E-state index in [1.165, 1.54) is 28.4 Å². The van der Waals surface area contributed by atoms with Gasteiger partial charge in [0.1, 0.15) is 5.82 Å². The zero-order valence-electron chi connectivity index (χ0n) is 16.2. The van der Waals surface area contributed by atoms with Crippen LogP contribution in [0.25, 0.3) is 10.2 Å². The van der Waals surface area contributed by atoms with E-state index in [4.69, 9.17) is 0 Å². The topological polar surface area (TPSA) is 46.1 Å². The number of nitrogens with zero attached hydrogens (tertiary/aromatic N) is 3. The van der Waals surface area contributed by atoms with Crippen LogP contribution in [0, 0.1) is 5.82 Å². The van der Waals surface area contributed by atoms with Crippen molar-refractivity contribution in [3.63, 3.8) is 0 Å². The van der Waals surface area contributed by atoms with Crippen LogP contribution >= 0.6 is 23.1 Å². The zero-order chi connectivity index (χ0) is 20.8. The maximum absolute atomic E-state index is 13.6. The lowest BCUT2D eigenvalue weighted by atomic mass is 10.2. The first-order valence-corrected chi connectivity index (χ1v) is 11.4. The number of carbonyl (C=O) groups excluding carboxylic acids is 1. The Kier molecular flexibility index (Phi) is 6.71. The van der Waals surface area contributed by atoms with Gasteiger partial charge in [-0.15, -0.1) is 11.8 Å². The molecule has 4 nitrogen and oxygen atoms in total. The lowest BCUT2D eigenvalue weighted by molar-refractivity contribution is -0.118. The average Bonchev–Trinajstić information content (AvgIpc) is 3.19. The molecule has 0 aliphatic rings. The van der Waals surface area contributed by atoms with Crippen molar-refractivity contribution in [2.24, 2.45) is 0 Å². The molecule has 0 aliphatic heterocycles. The second-order valence-electron chi connectivity index (χ2n) is 6.71. The molecule has 0 saturated carbocycles. The van der Waals surface area contributed by atoms with Crippen LogP contribution in [0.1, 0.15) is 18.4 Å². The predicted octanol–water partition coefficient (Wildman–Crippen LogP) is 5.94. The number of thiazole rings is 1. The van der Waals surface area contributed by atoms with Crippen LogP contribution in [0.3, 0.4) is 0 Å². The first-order chi connectivity index (χ1) is 14.7. The smallest absolute Gasteiger partial charge is 0.229 e. The van der Waals surface area contributed by atoms with E-state index in [-0.39, 0.29) is 11.7 Å². The van der Waals surface area contributed by atoms with Crippen molar-refractivity contribution in [1.29, 1.82) is 0 Å². The van der Waals surface area contributed by atoms with Gasteiger partial charge in [-0.2, -0.15) is 0 Å². The Morgan fingerprint density at radius 3 is 2.77 bits per heavy atom. The quantitative estimate of drug-likeness (QED) is 0.253. The van der Waals surface area contributed by atoms with Gasteiger partial charge in [0.15, 0.2) is 5.13 Å². The van der Waals surface area contributed by atoms with E-state index in [0.29, 0.717) is 23.6 Å². The Hall–Kier alpha value is -2.77. The minimum atomic E-state index is -0.305. The van der Waals surface area contributed by atoms with Crippen LogP contribution in [0.5, 0.6) is 0 Å². The fraction of sp³-hybridized carbons (Fsp3) is 0.174. The Labute approximate surface area is 182 Å². The summed E-state index contributed by atoms with van der Waals surface area (Å²) in [5, 5.41) is 0.583. The summed E-state index contributed by atoms with van der Waals surface area (Å²) in [6.45, 7) is 0.390. The van der Waals surface area contributed by atoms with Gasteiger partial charge >= 0.3 is 0 Å². The highest BCUT2D eigenvalue weighted by atomic mass is 32.2. The molecule has 2 aromatic heterocycles. The maximum atomic E-state index is 13.6. The maximum Gasteiger partial charge on any atom is 0.229 e. The lowest BCUT2D eigenvalue weighted by Gasteiger charge is -2.20. The van der Waals surface area contributed by atoms with Gasteiger partial charge in [0.2, 0.25) is 5.91 Å². The van der Waals surface area contributed by atoms with Gasteiger partial charge in [0, 0.05) is 23.7 Å². The summed E-state index contributed by atoms with van der Waals surface area (Å²) in [5.41, 5.74) is 1.62. The molecule has 2 heterocycles. The minimum absolute atomic E-state index is 0.00652. The normalized spacial score (nSPS) is 11.0. The number of aromatic nitrogens is 2. The first kappa shape index (κ1) is 20.5. The lowest BCUT2D eigenvalue weighted by Crippen LogP contribution is -2.30. The van der Waals surface area contributed by atoms with Crippen molar-refractivity contribution in [3.8, 4) is 0 Å². The van der Waals surface area contributed by atoms with Gasteiger partial charge in [-0.1, -0.05) is 35.6 Å². The highest BCUT2D eigenvalue weighted by molar-refractivity contribution is 7.99. The number of anilines is 1.